The second kappa shape index (κ2) is 7.97. The number of ether oxygens (including phenoxy) is 1. The molecule has 23 heavy (non-hydrogen) atoms. The lowest BCUT2D eigenvalue weighted by Gasteiger charge is -2.36. The Hall–Kier alpha value is -1.33. The van der Waals surface area contributed by atoms with Gasteiger partial charge in [-0.05, 0) is 49.7 Å². The van der Waals surface area contributed by atoms with Gasteiger partial charge >= 0.3 is 5.97 Å². The molecule has 0 aliphatic heterocycles. The van der Waals surface area contributed by atoms with Gasteiger partial charge in [0.05, 0.1) is 6.61 Å². The summed E-state index contributed by atoms with van der Waals surface area (Å²) in [4.78, 5) is 11.6. The maximum absolute atomic E-state index is 11.6. The van der Waals surface area contributed by atoms with E-state index in [1.165, 1.54) is 0 Å². The van der Waals surface area contributed by atoms with Crippen molar-refractivity contribution >= 4 is 14.3 Å². The quantitative estimate of drug-likeness (QED) is 0.601. The molecule has 130 valence electrons. The number of rotatable bonds is 7. The van der Waals surface area contributed by atoms with Crippen LogP contribution in [0.15, 0.2) is 24.3 Å². The molecule has 1 unspecified atom stereocenters. The Morgan fingerprint density at radius 2 is 1.96 bits per heavy atom. The van der Waals surface area contributed by atoms with E-state index < -0.39 is 8.32 Å². The van der Waals surface area contributed by atoms with Crippen molar-refractivity contribution in [2.75, 3.05) is 6.61 Å². The topological polar surface area (TPSA) is 47.6 Å². The third-order valence-corrected chi connectivity index (χ3v) is 8.69. The molecular weight excluding hydrogens is 306 g/mol. The lowest BCUT2D eigenvalue weighted by atomic mass is 10.2. The molecule has 0 saturated heterocycles. The van der Waals surface area contributed by atoms with Gasteiger partial charge in [0, 0.05) is 6.54 Å². The Kier molecular flexibility index (Phi) is 6.83. The Bertz CT molecular complexity index is 523. The van der Waals surface area contributed by atoms with E-state index in [0.29, 0.717) is 13.2 Å². The number of carbonyl (C=O) groups is 1. The van der Waals surface area contributed by atoms with Gasteiger partial charge < -0.3 is 14.5 Å². The molecule has 0 bridgehead atoms. The standard InChI is InChI=1S/C18H31NO3Si/c1-8-21-17(20)14(2)19-13-15-10-9-11-16(12-15)22-23(6,7)18(3,4)5/h9-12,14,19H,8,13H2,1-7H3. The van der Waals surface area contributed by atoms with Gasteiger partial charge in [0.2, 0.25) is 8.32 Å². The van der Waals surface area contributed by atoms with E-state index in [2.05, 4.69) is 39.2 Å². The zero-order valence-corrected chi connectivity index (χ0v) is 16.5. The molecule has 0 saturated carbocycles. The fourth-order valence-electron chi connectivity index (χ4n) is 1.79. The summed E-state index contributed by atoms with van der Waals surface area (Å²) in [6.45, 7) is 15.8. The first-order chi connectivity index (χ1) is 10.6. The summed E-state index contributed by atoms with van der Waals surface area (Å²) in [6, 6.07) is 7.75. The van der Waals surface area contributed by atoms with Crippen LogP contribution in [0.5, 0.6) is 5.75 Å². The van der Waals surface area contributed by atoms with Gasteiger partial charge in [0.15, 0.2) is 0 Å². The third-order valence-electron chi connectivity index (χ3n) is 4.33. The van der Waals surface area contributed by atoms with E-state index in [-0.39, 0.29) is 17.0 Å². The van der Waals surface area contributed by atoms with Crippen molar-refractivity contribution in [3.63, 3.8) is 0 Å². The van der Waals surface area contributed by atoms with E-state index in [0.717, 1.165) is 11.3 Å². The van der Waals surface area contributed by atoms with Crippen molar-refractivity contribution in [1.29, 1.82) is 0 Å². The fraction of sp³-hybridized carbons (Fsp3) is 0.611. The normalized spacial score (nSPS) is 13.5. The smallest absolute Gasteiger partial charge is 0.322 e. The van der Waals surface area contributed by atoms with Gasteiger partial charge in [-0.3, -0.25) is 4.79 Å². The molecule has 0 heterocycles. The Morgan fingerprint density at radius 3 is 2.52 bits per heavy atom. The summed E-state index contributed by atoms with van der Waals surface area (Å²) < 4.78 is 11.3. The van der Waals surface area contributed by atoms with E-state index in [4.69, 9.17) is 9.16 Å². The average Bonchev–Trinajstić information content (AvgIpc) is 2.43. The van der Waals surface area contributed by atoms with E-state index in [1.54, 1.807) is 0 Å². The second-order valence-electron chi connectivity index (χ2n) is 7.36. The first kappa shape index (κ1) is 19.7. The molecule has 0 radical (unpaired) electrons. The van der Waals surface area contributed by atoms with Crippen molar-refractivity contribution in [3.8, 4) is 5.75 Å². The van der Waals surface area contributed by atoms with Gasteiger partial charge in [-0.15, -0.1) is 0 Å². The highest BCUT2D eigenvalue weighted by molar-refractivity contribution is 6.74. The largest absolute Gasteiger partial charge is 0.543 e. The molecule has 1 N–H and O–H groups in total. The third kappa shape index (κ3) is 5.99. The minimum atomic E-state index is -1.84. The number of nitrogens with one attached hydrogen (secondary N) is 1. The van der Waals surface area contributed by atoms with Crippen molar-refractivity contribution in [1.82, 2.24) is 5.32 Å². The van der Waals surface area contributed by atoms with Gasteiger partial charge in [-0.2, -0.15) is 0 Å². The highest BCUT2D eigenvalue weighted by Gasteiger charge is 2.38. The molecule has 5 heteroatoms. The maximum atomic E-state index is 11.6. The molecule has 0 aliphatic carbocycles. The Labute approximate surface area is 141 Å². The van der Waals surface area contributed by atoms with Crippen LogP contribution in [-0.4, -0.2) is 26.9 Å². The molecule has 0 aromatic heterocycles. The number of hydrogen-bond acceptors (Lipinski definition) is 4. The first-order valence-corrected chi connectivity index (χ1v) is 11.2. The van der Waals surface area contributed by atoms with Crippen LogP contribution >= 0.6 is 0 Å². The monoisotopic (exact) mass is 337 g/mol. The minimum absolute atomic E-state index is 0.166. The Balaban J connectivity index is 2.69. The van der Waals surface area contributed by atoms with Crippen LogP contribution < -0.4 is 9.74 Å². The SMILES string of the molecule is CCOC(=O)C(C)NCc1cccc(O[Si](C)(C)C(C)(C)C)c1. The van der Waals surface area contributed by atoms with E-state index in [9.17, 15) is 4.79 Å². The molecule has 0 fully saturated rings. The molecule has 0 amide bonds. The van der Waals surface area contributed by atoms with Gasteiger partial charge in [0.25, 0.3) is 0 Å². The molecule has 0 aliphatic rings. The predicted octanol–water partition coefficient (Wildman–Crippen LogP) is 4.11. The average molecular weight is 338 g/mol. The predicted molar refractivity (Wildman–Crippen MR) is 97.2 cm³/mol. The first-order valence-electron chi connectivity index (χ1n) is 8.25. The maximum Gasteiger partial charge on any atom is 0.322 e. The van der Waals surface area contributed by atoms with Gasteiger partial charge in [0.1, 0.15) is 11.8 Å². The number of hydrogen-bond donors (Lipinski definition) is 1. The summed E-state index contributed by atoms with van der Waals surface area (Å²) in [5.41, 5.74) is 1.09. The van der Waals surface area contributed by atoms with Crippen LogP contribution in [0.25, 0.3) is 0 Å². The van der Waals surface area contributed by atoms with Crippen molar-refractivity contribution in [3.05, 3.63) is 29.8 Å². The highest BCUT2D eigenvalue weighted by Crippen LogP contribution is 2.37. The second-order valence-corrected chi connectivity index (χ2v) is 12.1. The molecule has 0 spiro atoms. The van der Waals surface area contributed by atoms with E-state index >= 15 is 0 Å². The minimum Gasteiger partial charge on any atom is -0.543 e. The summed E-state index contributed by atoms with van der Waals surface area (Å²) in [7, 11) is -1.84. The van der Waals surface area contributed by atoms with Crippen LogP contribution in [-0.2, 0) is 16.1 Å². The zero-order chi connectivity index (χ0) is 17.7. The van der Waals surface area contributed by atoms with Crippen LogP contribution in [0.1, 0.15) is 40.2 Å². The lowest BCUT2D eigenvalue weighted by Crippen LogP contribution is -2.43. The lowest BCUT2D eigenvalue weighted by molar-refractivity contribution is -0.145. The summed E-state index contributed by atoms with van der Waals surface area (Å²) in [5.74, 6) is 0.681. The van der Waals surface area contributed by atoms with Crippen molar-refractivity contribution in [2.24, 2.45) is 0 Å². The highest BCUT2D eigenvalue weighted by atomic mass is 28.4. The van der Waals surface area contributed by atoms with Crippen LogP contribution in [0.3, 0.4) is 0 Å². The summed E-state index contributed by atoms with van der Waals surface area (Å²) in [5, 5.41) is 3.35. The number of esters is 1. The Morgan fingerprint density at radius 1 is 1.30 bits per heavy atom. The van der Waals surface area contributed by atoms with Crippen LogP contribution in [0.4, 0.5) is 0 Å². The molecule has 1 rings (SSSR count). The molecule has 4 nitrogen and oxygen atoms in total. The summed E-state index contributed by atoms with van der Waals surface area (Å²) in [6.07, 6.45) is 0. The molecular formula is C18H31NO3Si. The fourth-order valence-corrected chi connectivity index (χ4v) is 2.81. The zero-order valence-electron chi connectivity index (χ0n) is 15.5. The van der Waals surface area contributed by atoms with Crippen LogP contribution in [0.2, 0.25) is 18.1 Å². The van der Waals surface area contributed by atoms with E-state index in [1.807, 2.05) is 38.1 Å². The molecule has 1 aromatic rings. The molecule has 1 aromatic carbocycles. The van der Waals surface area contributed by atoms with Crippen molar-refractivity contribution in [2.45, 2.75) is 65.3 Å². The summed E-state index contributed by atoms with van der Waals surface area (Å²) >= 11 is 0. The van der Waals surface area contributed by atoms with Gasteiger partial charge in [-0.25, -0.2) is 0 Å². The number of benzene rings is 1. The number of carbonyl (C=O) groups excluding carboxylic acids is 1. The molecule has 1 atom stereocenters. The van der Waals surface area contributed by atoms with Gasteiger partial charge in [-0.1, -0.05) is 32.9 Å². The van der Waals surface area contributed by atoms with Crippen molar-refractivity contribution < 1.29 is 14.0 Å². The van der Waals surface area contributed by atoms with Crippen LogP contribution in [0, 0.1) is 0 Å².